The topological polar surface area (TPSA) is 81.0 Å². The molecule has 0 saturated carbocycles. The van der Waals surface area contributed by atoms with Crippen LogP contribution in [-0.2, 0) is 22.6 Å². The van der Waals surface area contributed by atoms with Crippen molar-refractivity contribution in [1.82, 2.24) is 15.1 Å². The summed E-state index contributed by atoms with van der Waals surface area (Å²) in [6.07, 6.45) is 3.90. The highest BCUT2D eigenvalue weighted by molar-refractivity contribution is 7.08. The van der Waals surface area contributed by atoms with Crippen LogP contribution in [0.25, 0.3) is 22.3 Å². The van der Waals surface area contributed by atoms with Crippen molar-refractivity contribution in [3.63, 3.8) is 0 Å². The molecule has 0 saturated heterocycles. The van der Waals surface area contributed by atoms with E-state index in [1.807, 2.05) is 41.2 Å². The molecule has 0 spiro atoms. The minimum atomic E-state index is -0.264. The predicted molar refractivity (Wildman–Crippen MR) is 98.6 cm³/mol. The molecule has 132 valence electrons. The predicted octanol–water partition coefficient (Wildman–Crippen LogP) is 4.35. The zero-order valence-corrected chi connectivity index (χ0v) is 14.8. The fourth-order valence-corrected chi connectivity index (χ4v) is 3.43. The van der Waals surface area contributed by atoms with E-state index < -0.39 is 0 Å². The Morgan fingerprint density at radius 3 is 3.08 bits per heavy atom. The van der Waals surface area contributed by atoms with Crippen LogP contribution >= 0.6 is 11.3 Å². The molecule has 0 aliphatic rings. The SMILES string of the molecule is O=C(CCCc1c[nH]c2ccccc12)OCc1nc(-c2ccsc2)no1. The molecular formula is C19H17N3O3S. The summed E-state index contributed by atoms with van der Waals surface area (Å²) >= 11 is 1.56. The normalized spacial score (nSPS) is 11.1. The van der Waals surface area contributed by atoms with Crippen LogP contribution in [0.2, 0.25) is 0 Å². The lowest BCUT2D eigenvalue weighted by Gasteiger charge is -2.02. The number of ether oxygens (including phenoxy) is 1. The van der Waals surface area contributed by atoms with Crippen LogP contribution in [0, 0.1) is 0 Å². The van der Waals surface area contributed by atoms with Gasteiger partial charge in [-0.25, -0.2) is 0 Å². The van der Waals surface area contributed by atoms with E-state index in [-0.39, 0.29) is 12.6 Å². The van der Waals surface area contributed by atoms with E-state index >= 15 is 0 Å². The van der Waals surface area contributed by atoms with Gasteiger partial charge < -0.3 is 14.2 Å². The first kappa shape index (κ1) is 16.5. The van der Waals surface area contributed by atoms with Crippen LogP contribution in [-0.4, -0.2) is 21.1 Å². The largest absolute Gasteiger partial charge is 0.456 e. The Morgan fingerprint density at radius 2 is 2.19 bits per heavy atom. The second-order valence-electron chi connectivity index (χ2n) is 5.90. The molecule has 6 nitrogen and oxygen atoms in total. The summed E-state index contributed by atoms with van der Waals surface area (Å²) in [6, 6.07) is 10.1. The fourth-order valence-electron chi connectivity index (χ4n) is 2.80. The Hall–Kier alpha value is -2.93. The number of para-hydroxylation sites is 1. The van der Waals surface area contributed by atoms with Gasteiger partial charge in [-0.1, -0.05) is 23.4 Å². The Kier molecular flexibility index (Phi) is 4.79. The number of nitrogens with one attached hydrogen (secondary N) is 1. The Morgan fingerprint density at radius 1 is 1.27 bits per heavy atom. The van der Waals surface area contributed by atoms with Crippen molar-refractivity contribution in [2.24, 2.45) is 0 Å². The van der Waals surface area contributed by atoms with Crippen molar-refractivity contribution >= 4 is 28.2 Å². The minimum Gasteiger partial charge on any atom is -0.456 e. The second-order valence-corrected chi connectivity index (χ2v) is 6.68. The van der Waals surface area contributed by atoms with Gasteiger partial charge in [0.15, 0.2) is 6.61 Å². The molecular weight excluding hydrogens is 350 g/mol. The number of hydrogen-bond acceptors (Lipinski definition) is 6. The van der Waals surface area contributed by atoms with Crippen LogP contribution < -0.4 is 0 Å². The first-order chi connectivity index (χ1) is 12.8. The van der Waals surface area contributed by atoms with Gasteiger partial charge in [0.1, 0.15) is 0 Å². The lowest BCUT2D eigenvalue weighted by Crippen LogP contribution is -2.05. The van der Waals surface area contributed by atoms with Crippen molar-refractivity contribution in [2.75, 3.05) is 0 Å². The molecule has 1 N–H and O–H groups in total. The smallest absolute Gasteiger partial charge is 0.306 e. The quantitative estimate of drug-likeness (QED) is 0.491. The summed E-state index contributed by atoms with van der Waals surface area (Å²) in [7, 11) is 0. The summed E-state index contributed by atoms with van der Waals surface area (Å²) in [6.45, 7) is 0.00303. The summed E-state index contributed by atoms with van der Waals surface area (Å²) < 4.78 is 10.3. The molecule has 0 amide bonds. The zero-order valence-electron chi connectivity index (χ0n) is 14.0. The molecule has 0 atom stereocenters. The number of aryl methyl sites for hydroxylation is 1. The van der Waals surface area contributed by atoms with E-state index in [0.29, 0.717) is 18.1 Å². The fraction of sp³-hybridized carbons (Fsp3) is 0.211. The lowest BCUT2D eigenvalue weighted by atomic mass is 10.1. The Bertz CT molecular complexity index is 1000. The number of aromatic amines is 1. The van der Waals surface area contributed by atoms with Gasteiger partial charge in [0, 0.05) is 34.5 Å². The van der Waals surface area contributed by atoms with Crippen LogP contribution in [0.15, 0.2) is 51.8 Å². The first-order valence-electron chi connectivity index (χ1n) is 8.35. The zero-order chi connectivity index (χ0) is 17.8. The lowest BCUT2D eigenvalue weighted by molar-refractivity contribution is -0.145. The number of rotatable bonds is 7. The number of esters is 1. The first-order valence-corrected chi connectivity index (χ1v) is 9.29. The third-order valence-electron chi connectivity index (χ3n) is 4.11. The molecule has 1 aromatic carbocycles. The van der Waals surface area contributed by atoms with Gasteiger partial charge in [-0.05, 0) is 35.9 Å². The average molecular weight is 367 g/mol. The van der Waals surface area contributed by atoms with E-state index in [1.54, 1.807) is 11.3 Å². The Labute approximate surface area is 153 Å². The molecule has 4 aromatic rings. The summed E-state index contributed by atoms with van der Waals surface area (Å²) in [5, 5.41) is 8.97. The maximum atomic E-state index is 11.9. The number of nitrogens with zero attached hydrogens (tertiary/aromatic N) is 2. The molecule has 0 radical (unpaired) electrons. The van der Waals surface area contributed by atoms with Crippen molar-refractivity contribution in [2.45, 2.75) is 25.9 Å². The van der Waals surface area contributed by atoms with Crippen molar-refractivity contribution in [1.29, 1.82) is 0 Å². The molecule has 0 aliphatic heterocycles. The summed E-state index contributed by atoms with van der Waals surface area (Å²) in [4.78, 5) is 19.4. The molecule has 7 heteroatoms. The third kappa shape index (κ3) is 3.67. The van der Waals surface area contributed by atoms with Crippen molar-refractivity contribution in [3.8, 4) is 11.4 Å². The van der Waals surface area contributed by atoms with E-state index in [4.69, 9.17) is 9.26 Å². The van der Waals surface area contributed by atoms with Gasteiger partial charge in [-0.3, -0.25) is 4.79 Å². The number of fused-ring (bicyclic) bond motifs is 1. The molecule has 0 unspecified atom stereocenters. The maximum absolute atomic E-state index is 11.9. The monoisotopic (exact) mass is 367 g/mol. The second kappa shape index (κ2) is 7.53. The molecule has 3 heterocycles. The van der Waals surface area contributed by atoms with Gasteiger partial charge in [0.05, 0.1) is 0 Å². The Balaban J connectivity index is 1.24. The molecule has 3 aromatic heterocycles. The van der Waals surface area contributed by atoms with Gasteiger partial charge in [-0.2, -0.15) is 16.3 Å². The number of H-pyrrole nitrogens is 1. The number of carbonyl (C=O) groups excluding carboxylic acids is 1. The van der Waals surface area contributed by atoms with E-state index in [9.17, 15) is 4.79 Å². The van der Waals surface area contributed by atoms with E-state index in [0.717, 1.165) is 23.9 Å². The number of aromatic nitrogens is 3. The van der Waals surface area contributed by atoms with Crippen LogP contribution in [0.4, 0.5) is 0 Å². The number of thiophene rings is 1. The maximum Gasteiger partial charge on any atom is 0.306 e. The molecule has 0 fully saturated rings. The van der Waals surface area contributed by atoms with E-state index in [2.05, 4.69) is 21.2 Å². The van der Waals surface area contributed by atoms with Crippen molar-refractivity contribution < 1.29 is 14.1 Å². The third-order valence-corrected chi connectivity index (χ3v) is 4.79. The van der Waals surface area contributed by atoms with Crippen LogP contribution in [0.5, 0.6) is 0 Å². The highest BCUT2D eigenvalue weighted by Gasteiger charge is 2.12. The molecule has 4 rings (SSSR count). The summed E-state index contributed by atoms with van der Waals surface area (Å²) in [5.74, 6) is 0.549. The number of carbonyl (C=O) groups is 1. The standard InChI is InChI=1S/C19H17N3O3S/c23-18(7-3-4-13-10-20-16-6-2-1-5-15(13)16)24-11-17-21-19(22-25-17)14-8-9-26-12-14/h1-2,5-6,8-10,12,20H,3-4,7,11H2. The summed E-state index contributed by atoms with van der Waals surface area (Å²) in [5.41, 5.74) is 3.23. The number of hydrogen-bond donors (Lipinski definition) is 1. The van der Waals surface area contributed by atoms with Crippen LogP contribution in [0.3, 0.4) is 0 Å². The van der Waals surface area contributed by atoms with Crippen molar-refractivity contribution in [3.05, 3.63) is 58.7 Å². The molecule has 0 aliphatic carbocycles. The van der Waals surface area contributed by atoms with Gasteiger partial charge in [0.2, 0.25) is 5.82 Å². The molecule has 26 heavy (non-hydrogen) atoms. The minimum absolute atomic E-state index is 0.00303. The van der Waals surface area contributed by atoms with Gasteiger partial charge >= 0.3 is 5.97 Å². The van der Waals surface area contributed by atoms with Gasteiger partial charge in [-0.15, -0.1) is 0 Å². The molecule has 0 bridgehead atoms. The highest BCUT2D eigenvalue weighted by Crippen LogP contribution is 2.20. The number of benzene rings is 1. The van der Waals surface area contributed by atoms with Gasteiger partial charge in [0.25, 0.3) is 5.89 Å². The van der Waals surface area contributed by atoms with Crippen LogP contribution in [0.1, 0.15) is 24.3 Å². The van der Waals surface area contributed by atoms with E-state index in [1.165, 1.54) is 10.9 Å². The average Bonchev–Trinajstić information content (AvgIpc) is 3.40. The highest BCUT2D eigenvalue weighted by atomic mass is 32.1.